The fourth-order valence-electron chi connectivity index (χ4n) is 3.54. The molecule has 124 valence electrons. The molecule has 0 bridgehead atoms. The third-order valence-corrected chi connectivity index (χ3v) is 4.95. The SMILES string of the molecule is CC1=C(C=Cc2cccc(C(C)CC(=O)O)c2)C(C)(C)CCC1. The van der Waals surface area contributed by atoms with Gasteiger partial charge in [-0.3, -0.25) is 4.79 Å². The lowest BCUT2D eigenvalue weighted by Crippen LogP contribution is -2.18. The zero-order chi connectivity index (χ0) is 17.0. The molecular formula is C21H28O2. The smallest absolute Gasteiger partial charge is 0.303 e. The zero-order valence-electron chi connectivity index (χ0n) is 14.7. The van der Waals surface area contributed by atoms with Crippen LogP contribution in [0.25, 0.3) is 6.08 Å². The third-order valence-electron chi connectivity index (χ3n) is 4.95. The van der Waals surface area contributed by atoms with Crippen LogP contribution in [0.15, 0.2) is 41.5 Å². The Labute approximate surface area is 139 Å². The molecule has 0 amide bonds. The van der Waals surface area contributed by atoms with Crippen molar-refractivity contribution in [2.75, 3.05) is 0 Å². The number of benzene rings is 1. The van der Waals surface area contributed by atoms with Crippen molar-refractivity contribution in [3.63, 3.8) is 0 Å². The lowest BCUT2D eigenvalue weighted by atomic mass is 9.72. The number of allylic oxidation sites excluding steroid dienone is 3. The van der Waals surface area contributed by atoms with Crippen LogP contribution in [0.1, 0.15) is 70.4 Å². The second-order valence-electron chi connectivity index (χ2n) is 7.43. The van der Waals surface area contributed by atoms with Crippen LogP contribution < -0.4 is 0 Å². The molecule has 2 heteroatoms. The van der Waals surface area contributed by atoms with Gasteiger partial charge in [0.15, 0.2) is 0 Å². The van der Waals surface area contributed by atoms with Crippen LogP contribution in [-0.4, -0.2) is 11.1 Å². The highest BCUT2D eigenvalue weighted by molar-refractivity contribution is 5.68. The molecule has 0 aliphatic heterocycles. The van der Waals surface area contributed by atoms with Gasteiger partial charge < -0.3 is 5.11 Å². The van der Waals surface area contributed by atoms with E-state index in [1.54, 1.807) is 0 Å². The molecule has 1 aliphatic rings. The summed E-state index contributed by atoms with van der Waals surface area (Å²) < 4.78 is 0. The first kappa shape index (κ1) is 17.5. The number of hydrogen-bond acceptors (Lipinski definition) is 1. The van der Waals surface area contributed by atoms with Crippen LogP contribution in [0, 0.1) is 5.41 Å². The fourth-order valence-corrected chi connectivity index (χ4v) is 3.54. The highest BCUT2D eigenvalue weighted by atomic mass is 16.4. The predicted octanol–water partition coefficient (Wildman–Crippen LogP) is 5.80. The average Bonchev–Trinajstić information content (AvgIpc) is 2.45. The lowest BCUT2D eigenvalue weighted by molar-refractivity contribution is -0.137. The van der Waals surface area contributed by atoms with Gasteiger partial charge in [-0.2, -0.15) is 0 Å². The van der Waals surface area contributed by atoms with Gasteiger partial charge in [0.25, 0.3) is 0 Å². The Morgan fingerprint density at radius 1 is 1.35 bits per heavy atom. The Balaban J connectivity index is 2.22. The molecule has 1 aromatic carbocycles. The van der Waals surface area contributed by atoms with E-state index in [0.717, 1.165) is 11.1 Å². The van der Waals surface area contributed by atoms with Gasteiger partial charge in [-0.15, -0.1) is 0 Å². The third kappa shape index (κ3) is 4.57. The Bertz CT molecular complexity index is 635. The highest BCUT2D eigenvalue weighted by Crippen LogP contribution is 2.41. The molecule has 0 heterocycles. The largest absolute Gasteiger partial charge is 0.481 e. The van der Waals surface area contributed by atoms with Gasteiger partial charge in [0.05, 0.1) is 6.42 Å². The van der Waals surface area contributed by atoms with E-state index in [1.807, 2.05) is 19.1 Å². The molecule has 0 spiro atoms. The molecule has 1 aromatic rings. The maximum Gasteiger partial charge on any atom is 0.303 e. The molecule has 1 aliphatic carbocycles. The van der Waals surface area contributed by atoms with E-state index >= 15 is 0 Å². The van der Waals surface area contributed by atoms with Gasteiger partial charge in [-0.05, 0) is 54.2 Å². The van der Waals surface area contributed by atoms with E-state index in [9.17, 15) is 4.79 Å². The van der Waals surface area contributed by atoms with E-state index in [1.165, 1.54) is 30.4 Å². The number of carboxylic acid groups (broad SMARTS) is 1. The maximum absolute atomic E-state index is 10.9. The van der Waals surface area contributed by atoms with E-state index in [2.05, 4.69) is 45.1 Å². The molecule has 1 atom stereocenters. The number of carbonyl (C=O) groups is 1. The first-order valence-electron chi connectivity index (χ1n) is 8.49. The minimum absolute atomic E-state index is 0.0351. The Morgan fingerprint density at radius 2 is 2.09 bits per heavy atom. The normalized spacial score (nSPS) is 19.1. The van der Waals surface area contributed by atoms with E-state index in [4.69, 9.17) is 5.11 Å². The topological polar surface area (TPSA) is 37.3 Å². The van der Waals surface area contributed by atoms with Crippen molar-refractivity contribution in [3.05, 3.63) is 52.6 Å². The van der Waals surface area contributed by atoms with E-state index in [0.29, 0.717) is 0 Å². The molecule has 0 aromatic heterocycles. The maximum atomic E-state index is 10.9. The second kappa shape index (κ2) is 7.16. The van der Waals surface area contributed by atoms with Gasteiger partial charge in [0.2, 0.25) is 0 Å². The van der Waals surface area contributed by atoms with Gasteiger partial charge in [0.1, 0.15) is 0 Å². The Hall–Kier alpha value is -1.83. The summed E-state index contributed by atoms with van der Waals surface area (Å²) >= 11 is 0. The van der Waals surface area contributed by atoms with Crippen LogP contribution in [0.4, 0.5) is 0 Å². The van der Waals surface area contributed by atoms with Crippen LogP contribution in [0.3, 0.4) is 0 Å². The predicted molar refractivity (Wildman–Crippen MR) is 96.5 cm³/mol. The van der Waals surface area contributed by atoms with Crippen molar-refractivity contribution in [1.29, 1.82) is 0 Å². The molecule has 0 fully saturated rings. The summed E-state index contributed by atoms with van der Waals surface area (Å²) in [5, 5.41) is 8.95. The number of rotatable bonds is 5. The quantitative estimate of drug-likeness (QED) is 0.745. The standard InChI is InChI=1S/C21H28O2/c1-15-7-6-12-21(3,4)19(15)11-10-17-8-5-9-18(14-17)16(2)13-20(22)23/h5,8-11,14,16H,6-7,12-13H2,1-4H3,(H,22,23). The number of aliphatic carboxylic acids is 1. The Kier molecular flexibility index (Phi) is 5.46. The Morgan fingerprint density at radius 3 is 2.74 bits per heavy atom. The van der Waals surface area contributed by atoms with Crippen LogP contribution in [0.5, 0.6) is 0 Å². The highest BCUT2D eigenvalue weighted by Gasteiger charge is 2.26. The summed E-state index contributed by atoms with van der Waals surface area (Å²) in [6, 6.07) is 8.22. The van der Waals surface area contributed by atoms with Gasteiger partial charge in [-0.25, -0.2) is 0 Å². The van der Waals surface area contributed by atoms with Crippen molar-refractivity contribution in [2.45, 2.75) is 59.3 Å². The fraction of sp³-hybridized carbons (Fsp3) is 0.476. The van der Waals surface area contributed by atoms with Crippen molar-refractivity contribution < 1.29 is 9.90 Å². The summed E-state index contributed by atoms with van der Waals surface area (Å²) in [7, 11) is 0. The van der Waals surface area contributed by atoms with Gasteiger partial charge in [0, 0.05) is 0 Å². The van der Waals surface area contributed by atoms with Crippen molar-refractivity contribution in [3.8, 4) is 0 Å². The summed E-state index contributed by atoms with van der Waals surface area (Å²) in [6.07, 6.45) is 8.31. The summed E-state index contributed by atoms with van der Waals surface area (Å²) in [5.41, 5.74) is 5.41. The molecule has 1 unspecified atom stereocenters. The first-order chi connectivity index (χ1) is 10.8. The van der Waals surface area contributed by atoms with Crippen molar-refractivity contribution in [1.82, 2.24) is 0 Å². The summed E-state index contributed by atoms with van der Waals surface area (Å²) in [6.45, 7) is 8.85. The molecular weight excluding hydrogens is 284 g/mol. The molecule has 0 saturated heterocycles. The van der Waals surface area contributed by atoms with Crippen LogP contribution in [-0.2, 0) is 4.79 Å². The summed E-state index contributed by atoms with van der Waals surface area (Å²) in [5.74, 6) is -0.712. The average molecular weight is 312 g/mol. The first-order valence-corrected chi connectivity index (χ1v) is 8.49. The zero-order valence-corrected chi connectivity index (χ0v) is 14.7. The van der Waals surface area contributed by atoms with E-state index in [-0.39, 0.29) is 17.8 Å². The molecule has 0 radical (unpaired) electrons. The van der Waals surface area contributed by atoms with Gasteiger partial charge in [-0.1, -0.05) is 62.8 Å². The van der Waals surface area contributed by atoms with Gasteiger partial charge >= 0.3 is 5.97 Å². The molecule has 0 saturated carbocycles. The number of carboxylic acids is 1. The second-order valence-corrected chi connectivity index (χ2v) is 7.43. The van der Waals surface area contributed by atoms with Crippen LogP contribution >= 0.6 is 0 Å². The van der Waals surface area contributed by atoms with Crippen molar-refractivity contribution in [2.24, 2.45) is 5.41 Å². The minimum atomic E-state index is -0.747. The molecule has 2 rings (SSSR count). The molecule has 1 N–H and O–H groups in total. The lowest BCUT2D eigenvalue weighted by Gasteiger charge is -2.32. The van der Waals surface area contributed by atoms with Crippen LogP contribution in [0.2, 0.25) is 0 Å². The molecule has 23 heavy (non-hydrogen) atoms. The van der Waals surface area contributed by atoms with E-state index < -0.39 is 5.97 Å². The monoisotopic (exact) mass is 312 g/mol. The minimum Gasteiger partial charge on any atom is -0.481 e. The van der Waals surface area contributed by atoms with Crippen molar-refractivity contribution >= 4 is 12.0 Å². The summed E-state index contributed by atoms with van der Waals surface area (Å²) in [4.78, 5) is 10.9. The number of hydrogen-bond donors (Lipinski definition) is 1. The molecule has 2 nitrogen and oxygen atoms in total.